The van der Waals surface area contributed by atoms with Gasteiger partial charge in [-0.3, -0.25) is 0 Å². The van der Waals surface area contributed by atoms with E-state index in [-0.39, 0.29) is 0 Å². The largest absolute Gasteiger partial charge is 0.127 e. The Morgan fingerprint density at radius 3 is 2.73 bits per heavy atom. The van der Waals surface area contributed by atoms with Crippen LogP contribution < -0.4 is 0 Å². The van der Waals surface area contributed by atoms with Crippen LogP contribution in [0.1, 0.15) is 5.56 Å². The molecule has 0 N–H and O–H groups in total. The minimum Gasteiger partial charge on any atom is -0.127 e. The molecule has 0 aliphatic carbocycles. The standard InChI is InChI=1S/C10H7BrS4/c1-4-7-8(15-9(4)12-2)5-3-6(11)13-10(5)14-7/h3H,1-2H3. The molecule has 78 valence electrons. The van der Waals surface area contributed by atoms with E-state index in [1.54, 1.807) is 0 Å². The van der Waals surface area contributed by atoms with Gasteiger partial charge in [-0.25, -0.2) is 0 Å². The van der Waals surface area contributed by atoms with Crippen LogP contribution in [0.5, 0.6) is 0 Å². The van der Waals surface area contributed by atoms with Crippen molar-refractivity contribution in [1.29, 1.82) is 0 Å². The molecular weight excluding hydrogens is 328 g/mol. The predicted molar refractivity (Wildman–Crippen MR) is 79.3 cm³/mol. The molecule has 0 aliphatic heterocycles. The molecule has 0 radical (unpaired) electrons. The fourth-order valence-corrected chi connectivity index (χ4v) is 7.36. The Labute approximate surface area is 112 Å². The van der Waals surface area contributed by atoms with Gasteiger partial charge in [-0.15, -0.1) is 45.8 Å². The van der Waals surface area contributed by atoms with Crippen molar-refractivity contribution in [2.24, 2.45) is 0 Å². The zero-order valence-corrected chi connectivity index (χ0v) is 12.9. The monoisotopic (exact) mass is 334 g/mol. The van der Waals surface area contributed by atoms with Gasteiger partial charge in [0.1, 0.15) is 0 Å². The summed E-state index contributed by atoms with van der Waals surface area (Å²) in [4.78, 5) is 0. The Morgan fingerprint density at radius 1 is 1.20 bits per heavy atom. The number of rotatable bonds is 1. The molecule has 0 saturated heterocycles. The third kappa shape index (κ3) is 1.52. The van der Waals surface area contributed by atoms with E-state index in [0.717, 1.165) is 0 Å². The summed E-state index contributed by atoms with van der Waals surface area (Å²) >= 11 is 11.1. The van der Waals surface area contributed by atoms with Crippen LogP contribution >= 0.6 is 61.7 Å². The molecule has 0 amide bonds. The second kappa shape index (κ2) is 3.74. The molecule has 0 saturated carbocycles. The van der Waals surface area contributed by atoms with Crippen LogP contribution in [0.3, 0.4) is 0 Å². The predicted octanol–water partition coefficient (Wildman–Crippen LogP) is 5.97. The molecule has 3 heterocycles. The highest BCUT2D eigenvalue weighted by molar-refractivity contribution is 9.11. The van der Waals surface area contributed by atoms with E-state index in [0.29, 0.717) is 0 Å². The summed E-state index contributed by atoms with van der Waals surface area (Å²) in [5.41, 5.74) is 1.46. The maximum Gasteiger partial charge on any atom is 0.0898 e. The summed E-state index contributed by atoms with van der Waals surface area (Å²) in [5, 5.41) is 1.43. The van der Waals surface area contributed by atoms with E-state index in [1.165, 1.54) is 32.4 Å². The lowest BCUT2D eigenvalue weighted by Crippen LogP contribution is -1.63. The quantitative estimate of drug-likeness (QED) is 0.494. The van der Waals surface area contributed by atoms with E-state index >= 15 is 0 Å². The van der Waals surface area contributed by atoms with Gasteiger partial charge in [-0.1, -0.05) is 0 Å². The van der Waals surface area contributed by atoms with E-state index in [4.69, 9.17) is 0 Å². The molecule has 0 aliphatic rings. The highest BCUT2D eigenvalue weighted by Gasteiger charge is 2.15. The summed E-state index contributed by atoms with van der Waals surface area (Å²) in [6, 6.07) is 2.25. The van der Waals surface area contributed by atoms with E-state index in [2.05, 4.69) is 35.2 Å². The molecule has 0 nitrogen and oxygen atoms in total. The van der Waals surface area contributed by atoms with Crippen LogP contribution in [0.2, 0.25) is 0 Å². The number of fused-ring (bicyclic) bond motifs is 3. The molecule has 3 rings (SSSR count). The molecule has 3 aromatic rings. The normalized spacial score (nSPS) is 11.9. The average Bonchev–Trinajstić information content (AvgIpc) is 2.78. The second-order valence-corrected chi connectivity index (χ2v) is 9.04. The third-order valence-corrected chi connectivity index (χ3v) is 8.07. The van der Waals surface area contributed by atoms with Crippen LogP contribution in [0.15, 0.2) is 14.1 Å². The lowest BCUT2D eigenvalue weighted by Gasteiger charge is -1.89. The highest BCUT2D eigenvalue weighted by atomic mass is 79.9. The molecule has 0 bridgehead atoms. The zero-order chi connectivity index (χ0) is 10.6. The second-order valence-electron chi connectivity index (χ2n) is 3.23. The van der Waals surface area contributed by atoms with Crippen LogP contribution in [0.25, 0.3) is 18.8 Å². The third-order valence-electron chi connectivity index (χ3n) is 2.34. The zero-order valence-electron chi connectivity index (χ0n) is 8.09. The molecule has 0 fully saturated rings. The number of thiophene rings is 3. The van der Waals surface area contributed by atoms with Crippen LogP contribution in [0, 0.1) is 6.92 Å². The van der Waals surface area contributed by atoms with Gasteiger partial charge in [0.15, 0.2) is 0 Å². The highest BCUT2D eigenvalue weighted by Crippen LogP contribution is 2.48. The van der Waals surface area contributed by atoms with Crippen molar-refractivity contribution in [2.45, 2.75) is 11.1 Å². The minimum atomic E-state index is 1.24. The maximum absolute atomic E-state index is 3.56. The Bertz CT molecular complexity index is 643. The first-order valence-corrected chi connectivity index (χ1v) is 8.82. The van der Waals surface area contributed by atoms with Crippen LogP contribution in [0.4, 0.5) is 0 Å². The first-order chi connectivity index (χ1) is 7.20. The number of hydrogen-bond acceptors (Lipinski definition) is 4. The van der Waals surface area contributed by atoms with Crippen molar-refractivity contribution >= 4 is 80.5 Å². The Balaban J connectivity index is 2.46. The summed E-state index contributed by atoms with van der Waals surface area (Å²) < 4.78 is 7.10. The summed E-state index contributed by atoms with van der Waals surface area (Å²) in [6.45, 7) is 2.24. The van der Waals surface area contributed by atoms with Crippen LogP contribution in [-0.2, 0) is 0 Å². The number of hydrogen-bond donors (Lipinski definition) is 0. The van der Waals surface area contributed by atoms with Crippen molar-refractivity contribution in [3.63, 3.8) is 0 Å². The maximum atomic E-state index is 3.56. The van der Waals surface area contributed by atoms with Gasteiger partial charge in [0.2, 0.25) is 0 Å². The van der Waals surface area contributed by atoms with E-state index < -0.39 is 0 Å². The van der Waals surface area contributed by atoms with Crippen molar-refractivity contribution in [3.05, 3.63) is 15.4 Å². The Kier molecular flexibility index (Phi) is 2.64. The topological polar surface area (TPSA) is 0 Å². The number of thioether (sulfide) groups is 1. The van der Waals surface area contributed by atoms with Gasteiger partial charge < -0.3 is 0 Å². The summed E-state index contributed by atoms with van der Waals surface area (Å²) in [6.07, 6.45) is 2.16. The van der Waals surface area contributed by atoms with Gasteiger partial charge in [0.25, 0.3) is 0 Å². The number of aryl methyl sites for hydroxylation is 1. The summed E-state index contributed by atoms with van der Waals surface area (Å²) in [7, 11) is 0. The van der Waals surface area contributed by atoms with Crippen molar-refractivity contribution in [1.82, 2.24) is 0 Å². The Hall–Kier alpha value is 0.450. The molecular formula is C10H7BrS4. The van der Waals surface area contributed by atoms with E-state index in [1.807, 2.05) is 45.8 Å². The van der Waals surface area contributed by atoms with Gasteiger partial charge >= 0.3 is 0 Å². The van der Waals surface area contributed by atoms with Gasteiger partial charge in [0, 0.05) is 5.39 Å². The van der Waals surface area contributed by atoms with Crippen molar-refractivity contribution in [2.75, 3.05) is 6.26 Å². The lowest BCUT2D eigenvalue weighted by molar-refractivity contribution is 1.48. The average molecular weight is 335 g/mol. The molecule has 0 unspecified atom stereocenters. The molecule has 3 aromatic heterocycles. The van der Waals surface area contributed by atoms with Crippen molar-refractivity contribution in [3.8, 4) is 0 Å². The summed E-state index contributed by atoms with van der Waals surface area (Å²) in [5.74, 6) is 0. The molecule has 0 atom stereocenters. The van der Waals surface area contributed by atoms with E-state index in [9.17, 15) is 0 Å². The Morgan fingerprint density at radius 2 is 2.00 bits per heavy atom. The molecule has 0 spiro atoms. The lowest BCUT2D eigenvalue weighted by atomic mass is 10.3. The minimum absolute atomic E-state index is 1.24. The smallest absolute Gasteiger partial charge is 0.0898 e. The van der Waals surface area contributed by atoms with Gasteiger partial charge in [-0.2, -0.15) is 0 Å². The fraction of sp³-hybridized carbons (Fsp3) is 0.200. The molecule has 15 heavy (non-hydrogen) atoms. The molecule has 5 heteroatoms. The first kappa shape index (κ1) is 10.6. The van der Waals surface area contributed by atoms with Crippen molar-refractivity contribution < 1.29 is 0 Å². The fourth-order valence-electron chi connectivity index (χ4n) is 1.65. The van der Waals surface area contributed by atoms with Gasteiger partial charge in [0.05, 0.1) is 21.4 Å². The van der Waals surface area contributed by atoms with Crippen LogP contribution in [-0.4, -0.2) is 6.26 Å². The van der Waals surface area contributed by atoms with Gasteiger partial charge in [-0.05, 0) is 40.7 Å². The SMILES string of the molecule is CSc1sc2c(sc3sc(Br)cc32)c1C. The molecule has 0 aromatic carbocycles. The first-order valence-electron chi connectivity index (χ1n) is 4.35. The number of halogens is 1.